The van der Waals surface area contributed by atoms with Gasteiger partial charge in [0.05, 0.1) is 35.4 Å². The SMILES string of the molecule is COC(=O)C[C@@H]1N=C(c2ccc(Cl)cc2)c2c(sc(NC3CCC(Nc4cccc5c4C(=O)N(C4CCC(=O)NC4=O)C5=O)C3)c2C)-n2c(C)nnc21. The summed E-state index contributed by atoms with van der Waals surface area (Å²) in [6, 6.07) is 11.0. The number of fused-ring (bicyclic) bond motifs is 4. The summed E-state index contributed by atoms with van der Waals surface area (Å²) in [5.41, 5.74) is 4.49. The summed E-state index contributed by atoms with van der Waals surface area (Å²) in [7, 11) is 1.35. The maximum Gasteiger partial charge on any atom is 0.308 e. The van der Waals surface area contributed by atoms with Gasteiger partial charge in [0.15, 0.2) is 5.82 Å². The van der Waals surface area contributed by atoms with Gasteiger partial charge in [0.25, 0.3) is 11.8 Å². The second-order valence-electron chi connectivity index (χ2n) is 13.6. The Morgan fingerprint density at radius 2 is 1.74 bits per heavy atom. The number of amides is 4. The first-order valence-electron chi connectivity index (χ1n) is 17.4. The van der Waals surface area contributed by atoms with Crippen molar-refractivity contribution in [3.8, 4) is 5.00 Å². The summed E-state index contributed by atoms with van der Waals surface area (Å²) in [5, 5.41) is 20.8. The number of ether oxygens (including phenoxy) is 1. The minimum Gasteiger partial charge on any atom is -0.469 e. The van der Waals surface area contributed by atoms with Crippen molar-refractivity contribution in [2.24, 2.45) is 4.99 Å². The summed E-state index contributed by atoms with van der Waals surface area (Å²) in [6.45, 7) is 3.93. The highest BCUT2D eigenvalue weighted by Crippen LogP contribution is 2.44. The van der Waals surface area contributed by atoms with Crippen LogP contribution in [-0.2, 0) is 19.1 Å². The summed E-state index contributed by atoms with van der Waals surface area (Å²) in [5.74, 6) is -1.32. The first-order valence-corrected chi connectivity index (χ1v) is 18.6. The number of rotatable bonds is 8. The van der Waals surface area contributed by atoms with Crippen LogP contribution < -0.4 is 16.0 Å². The maximum atomic E-state index is 13.7. The number of methoxy groups -OCH3 is 1. The molecule has 0 spiro atoms. The van der Waals surface area contributed by atoms with Gasteiger partial charge in [-0.1, -0.05) is 41.1 Å². The monoisotopic (exact) mass is 754 g/mol. The molecule has 16 heteroatoms. The molecule has 3 aliphatic heterocycles. The number of aromatic nitrogens is 3. The number of aliphatic imine (C=N–C) groups is 1. The van der Waals surface area contributed by atoms with Gasteiger partial charge in [0.1, 0.15) is 22.9 Å². The van der Waals surface area contributed by atoms with Gasteiger partial charge in [0, 0.05) is 40.3 Å². The molecule has 4 atom stereocenters. The lowest BCUT2D eigenvalue weighted by Gasteiger charge is -2.28. The Hall–Kier alpha value is -5.41. The molecule has 4 amide bonds. The Labute approximate surface area is 313 Å². The van der Waals surface area contributed by atoms with Gasteiger partial charge in [-0.3, -0.25) is 43.7 Å². The van der Waals surface area contributed by atoms with Crippen LogP contribution in [0.3, 0.4) is 0 Å². The quantitative estimate of drug-likeness (QED) is 0.166. The minimum atomic E-state index is -1.03. The van der Waals surface area contributed by atoms with Gasteiger partial charge in [-0.2, -0.15) is 0 Å². The molecule has 53 heavy (non-hydrogen) atoms. The van der Waals surface area contributed by atoms with Crippen molar-refractivity contribution in [3.63, 3.8) is 0 Å². The average molecular weight is 755 g/mol. The number of hydrogen-bond acceptors (Lipinski definition) is 12. The topological polar surface area (TPSA) is 177 Å². The van der Waals surface area contributed by atoms with Gasteiger partial charge < -0.3 is 15.4 Å². The van der Waals surface area contributed by atoms with Crippen LogP contribution in [0.4, 0.5) is 10.7 Å². The van der Waals surface area contributed by atoms with Gasteiger partial charge in [-0.25, -0.2) is 0 Å². The number of esters is 1. The van der Waals surface area contributed by atoms with E-state index in [0.29, 0.717) is 28.1 Å². The molecule has 5 heterocycles. The molecule has 2 aromatic heterocycles. The molecule has 3 N–H and O–H groups in total. The summed E-state index contributed by atoms with van der Waals surface area (Å²) in [6.07, 6.45) is 2.55. The fourth-order valence-electron chi connectivity index (χ4n) is 7.68. The summed E-state index contributed by atoms with van der Waals surface area (Å²) < 4.78 is 6.98. The van der Waals surface area contributed by atoms with E-state index in [1.165, 1.54) is 7.11 Å². The number of aryl methyl sites for hydroxylation is 1. The van der Waals surface area contributed by atoms with E-state index in [-0.39, 0.29) is 42.5 Å². The molecule has 0 bridgehead atoms. The van der Waals surface area contributed by atoms with E-state index in [1.54, 1.807) is 29.5 Å². The Balaban J connectivity index is 1.05. The van der Waals surface area contributed by atoms with Gasteiger partial charge >= 0.3 is 5.97 Å². The number of piperidine rings is 1. The van der Waals surface area contributed by atoms with E-state index >= 15 is 0 Å². The molecule has 0 radical (unpaired) electrons. The third-order valence-electron chi connectivity index (χ3n) is 10.3. The van der Waals surface area contributed by atoms with Crippen LogP contribution in [0.1, 0.15) is 93.6 Å². The van der Waals surface area contributed by atoms with Crippen molar-refractivity contribution < 1.29 is 28.7 Å². The van der Waals surface area contributed by atoms with E-state index in [9.17, 15) is 24.0 Å². The lowest BCUT2D eigenvalue weighted by Crippen LogP contribution is -2.54. The number of imide groups is 2. The van der Waals surface area contributed by atoms with Gasteiger partial charge in [0.2, 0.25) is 11.8 Å². The average Bonchev–Trinajstić information content (AvgIpc) is 3.87. The first-order chi connectivity index (χ1) is 25.5. The predicted octanol–water partition coefficient (Wildman–Crippen LogP) is 4.90. The molecule has 1 saturated carbocycles. The standard InChI is InChI=1S/C37H35ClN8O6S/c1-17-29-31(19-7-9-20(38)10-8-19)41-25(16-28(48)52-3)32-44-43-18(2)45(32)37(29)53-34(17)40-22-12-11-21(15-22)39-24-6-4-5-23-30(24)36(51)46(35(23)50)26-13-14-27(47)42-33(26)49/h4-10,21-22,25-26,39-40H,11-16H2,1-3H3,(H,42,47,49)/t21?,22?,25-,26?/m0/s1. The van der Waals surface area contributed by atoms with E-state index in [4.69, 9.17) is 21.3 Å². The maximum absolute atomic E-state index is 13.7. The van der Waals surface area contributed by atoms with Crippen LogP contribution in [0.5, 0.6) is 0 Å². The van der Waals surface area contributed by atoms with E-state index in [2.05, 4.69) is 33.1 Å². The molecule has 4 aliphatic rings. The molecule has 4 aromatic rings. The number of nitrogens with one attached hydrogen (secondary N) is 3. The van der Waals surface area contributed by atoms with Crippen LogP contribution >= 0.6 is 22.9 Å². The predicted molar refractivity (Wildman–Crippen MR) is 197 cm³/mol. The van der Waals surface area contributed by atoms with Crippen molar-refractivity contribution in [3.05, 3.63) is 87.0 Å². The van der Waals surface area contributed by atoms with Crippen molar-refractivity contribution >= 4 is 68.9 Å². The second kappa shape index (κ2) is 13.5. The number of thiophene rings is 1. The first kappa shape index (κ1) is 34.7. The molecule has 272 valence electrons. The number of anilines is 2. The zero-order valence-electron chi connectivity index (χ0n) is 29.1. The van der Waals surface area contributed by atoms with Gasteiger partial charge in [-0.15, -0.1) is 10.2 Å². The molecule has 3 unspecified atom stereocenters. The molecular formula is C37H35ClN8O6S. The molecule has 2 fully saturated rings. The zero-order valence-corrected chi connectivity index (χ0v) is 30.6. The minimum absolute atomic E-state index is 0.000609. The van der Waals surface area contributed by atoms with E-state index in [0.717, 1.165) is 50.9 Å². The molecule has 1 aliphatic carbocycles. The highest BCUT2D eigenvalue weighted by Gasteiger charge is 2.46. The highest BCUT2D eigenvalue weighted by atomic mass is 35.5. The van der Waals surface area contributed by atoms with Crippen molar-refractivity contribution in [2.45, 2.75) is 76.5 Å². The van der Waals surface area contributed by atoms with Crippen molar-refractivity contribution in [1.29, 1.82) is 0 Å². The Kier molecular flexibility index (Phi) is 8.85. The number of nitrogens with zero attached hydrogens (tertiary/aromatic N) is 5. The Morgan fingerprint density at radius 1 is 0.981 bits per heavy atom. The van der Waals surface area contributed by atoms with Crippen molar-refractivity contribution in [2.75, 3.05) is 17.7 Å². The smallest absolute Gasteiger partial charge is 0.308 e. The number of halogens is 1. The largest absolute Gasteiger partial charge is 0.469 e. The van der Waals surface area contributed by atoms with Crippen LogP contribution in [0, 0.1) is 13.8 Å². The Bertz CT molecular complexity index is 2250. The van der Waals surface area contributed by atoms with E-state index < -0.39 is 41.7 Å². The zero-order chi connectivity index (χ0) is 37.1. The molecule has 1 saturated heterocycles. The number of carbonyl (C=O) groups is 5. The van der Waals surface area contributed by atoms with Crippen LogP contribution in [0.15, 0.2) is 47.5 Å². The second-order valence-corrected chi connectivity index (χ2v) is 15.1. The number of hydrogen-bond donors (Lipinski definition) is 3. The lowest BCUT2D eigenvalue weighted by molar-refractivity contribution is -0.141. The molecule has 8 rings (SSSR count). The molecular weight excluding hydrogens is 720 g/mol. The Morgan fingerprint density at radius 3 is 2.47 bits per heavy atom. The summed E-state index contributed by atoms with van der Waals surface area (Å²) >= 11 is 7.84. The molecule has 2 aromatic carbocycles. The fraction of sp³-hybridized carbons (Fsp3) is 0.351. The van der Waals surface area contributed by atoms with E-state index in [1.807, 2.05) is 35.8 Å². The highest BCUT2D eigenvalue weighted by molar-refractivity contribution is 7.19. The van der Waals surface area contributed by atoms with Crippen LogP contribution in [0.2, 0.25) is 5.02 Å². The van der Waals surface area contributed by atoms with Crippen LogP contribution in [-0.4, -0.2) is 80.2 Å². The normalized spacial score (nSPS) is 22.1. The summed E-state index contributed by atoms with van der Waals surface area (Å²) in [4.78, 5) is 70.0. The number of carbonyl (C=O) groups excluding carboxylic acids is 5. The lowest BCUT2D eigenvalue weighted by atomic mass is 10.00. The van der Waals surface area contributed by atoms with Crippen molar-refractivity contribution in [1.82, 2.24) is 25.0 Å². The van der Waals surface area contributed by atoms with Crippen LogP contribution in [0.25, 0.3) is 5.00 Å². The third-order valence-corrected chi connectivity index (χ3v) is 11.8. The fourth-order valence-corrected chi connectivity index (χ4v) is 9.15. The van der Waals surface area contributed by atoms with Gasteiger partial charge in [-0.05, 0) is 69.4 Å². The molecule has 14 nitrogen and oxygen atoms in total. The number of benzene rings is 2. The third kappa shape index (κ3) is 6.06.